The minimum atomic E-state index is -0.0546. The third-order valence-electron chi connectivity index (χ3n) is 5.30. The van der Waals surface area contributed by atoms with Gasteiger partial charge in [0.05, 0.1) is 6.54 Å². The molecule has 3 aromatic rings. The van der Waals surface area contributed by atoms with Gasteiger partial charge in [-0.05, 0) is 48.9 Å². The zero-order valence-corrected chi connectivity index (χ0v) is 15.4. The Labute approximate surface area is 161 Å². The lowest BCUT2D eigenvalue weighted by atomic mass is 9.98. The maximum atomic E-state index is 12.8. The van der Waals surface area contributed by atoms with E-state index in [1.54, 1.807) is 11.0 Å². The molecule has 0 spiro atoms. The van der Waals surface area contributed by atoms with E-state index in [1.807, 2.05) is 29.2 Å². The number of amides is 1. The van der Waals surface area contributed by atoms with E-state index in [0.29, 0.717) is 36.2 Å². The van der Waals surface area contributed by atoms with Crippen molar-refractivity contribution in [1.29, 1.82) is 0 Å². The number of hydrogen-bond donors (Lipinski definition) is 0. The Kier molecular flexibility index (Phi) is 4.34. The van der Waals surface area contributed by atoms with Gasteiger partial charge >= 0.3 is 0 Å². The molecule has 3 aromatic heterocycles. The van der Waals surface area contributed by atoms with Crippen LogP contribution >= 0.6 is 0 Å². The first-order valence-corrected chi connectivity index (χ1v) is 9.71. The molecule has 1 saturated carbocycles. The van der Waals surface area contributed by atoms with Gasteiger partial charge in [0.15, 0.2) is 5.69 Å². The van der Waals surface area contributed by atoms with Crippen molar-refractivity contribution in [2.45, 2.75) is 38.1 Å². The summed E-state index contributed by atoms with van der Waals surface area (Å²) < 4.78 is 5.33. The first kappa shape index (κ1) is 17.0. The Bertz CT molecular complexity index is 964. The lowest BCUT2D eigenvalue weighted by Crippen LogP contribution is -2.41. The summed E-state index contributed by atoms with van der Waals surface area (Å²) in [5.41, 5.74) is 1.12. The molecule has 1 amide bonds. The standard InChI is InChI=1S/C19H21N7O2/c27-19(16-10-17(28-23-16)14-6-7-14)25-9-3-4-13(11-25)12-26-22-18(21-24-26)15-5-1-2-8-20-15/h1-2,5,8,10,13-14H,3-4,6-7,9,11-12H2/t13-/m1/s1. The second-order valence-electron chi connectivity index (χ2n) is 7.53. The number of carbonyl (C=O) groups is 1. The molecule has 144 valence electrons. The average Bonchev–Trinajstić information content (AvgIpc) is 3.28. The zero-order chi connectivity index (χ0) is 18.9. The highest BCUT2D eigenvalue weighted by Crippen LogP contribution is 2.40. The van der Waals surface area contributed by atoms with Gasteiger partial charge in [0.2, 0.25) is 5.82 Å². The van der Waals surface area contributed by atoms with Crippen molar-refractivity contribution in [3.8, 4) is 11.5 Å². The number of aromatic nitrogens is 6. The molecule has 1 atom stereocenters. The maximum absolute atomic E-state index is 12.8. The summed E-state index contributed by atoms with van der Waals surface area (Å²) in [5.74, 6) is 2.03. The van der Waals surface area contributed by atoms with Gasteiger partial charge in [0, 0.05) is 31.3 Å². The lowest BCUT2D eigenvalue weighted by Gasteiger charge is -2.31. The molecule has 1 saturated heterocycles. The number of carbonyl (C=O) groups excluding carboxylic acids is 1. The van der Waals surface area contributed by atoms with Gasteiger partial charge in [-0.25, -0.2) is 0 Å². The first-order chi connectivity index (χ1) is 13.8. The van der Waals surface area contributed by atoms with E-state index in [-0.39, 0.29) is 11.8 Å². The van der Waals surface area contributed by atoms with Crippen LogP contribution in [-0.2, 0) is 6.54 Å². The Hall–Kier alpha value is -3.10. The number of nitrogens with zero attached hydrogens (tertiary/aromatic N) is 7. The number of rotatable bonds is 5. The van der Waals surface area contributed by atoms with E-state index in [4.69, 9.17) is 4.52 Å². The van der Waals surface area contributed by atoms with Crippen LogP contribution in [0.1, 0.15) is 47.8 Å². The zero-order valence-electron chi connectivity index (χ0n) is 15.4. The predicted molar refractivity (Wildman–Crippen MR) is 98.2 cm³/mol. The first-order valence-electron chi connectivity index (χ1n) is 9.71. The van der Waals surface area contributed by atoms with Crippen molar-refractivity contribution in [3.05, 3.63) is 41.9 Å². The molecule has 0 aromatic carbocycles. The monoisotopic (exact) mass is 379 g/mol. The molecule has 0 unspecified atom stereocenters. The number of tetrazole rings is 1. The van der Waals surface area contributed by atoms with Crippen LogP contribution in [0.25, 0.3) is 11.5 Å². The molecule has 2 aliphatic rings. The van der Waals surface area contributed by atoms with E-state index in [0.717, 1.165) is 38.0 Å². The summed E-state index contributed by atoms with van der Waals surface area (Å²) in [7, 11) is 0. The summed E-state index contributed by atoms with van der Waals surface area (Å²) >= 11 is 0. The molecule has 0 N–H and O–H groups in total. The Balaban J connectivity index is 1.23. The lowest BCUT2D eigenvalue weighted by molar-refractivity contribution is 0.0645. The summed E-state index contributed by atoms with van der Waals surface area (Å²) in [6, 6.07) is 7.41. The SMILES string of the molecule is O=C(c1cc(C2CC2)on1)N1CCC[C@@H](Cn2nnc(-c3ccccn3)n2)C1. The van der Waals surface area contributed by atoms with Crippen LogP contribution in [0.15, 0.2) is 35.0 Å². The van der Waals surface area contributed by atoms with Gasteiger partial charge < -0.3 is 9.42 Å². The van der Waals surface area contributed by atoms with E-state index in [1.165, 1.54) is 0 Å². The van der Waals surface area contributed by atoms with E-state index >= 15 is 0 Å². The number of pyridine rings is 1. The quantitative estimate of drug-likeness (QED) is 0.669. The van der Waals surface area contributed by atoms with Crippen LogP contribution in [0.3, 0.4) is 0 Å². The van der Waals surface area contributed by atoms with Gasteiger partial charge in [-0.1, -0.05) is 11.2 Å². The van der Waals surface area contributed by atoms with Crippen LogP contribution in [-0.4, -0.2) is 54.2 Å². The predicted octanol–water partition coefficient (Wildman–Crippen LogP) is 2.15. The molecular weight excluding hydrogens is 358 g/mol. The van der Waals surface area contributed by atoms with Crippen molar-refractivity contribution >= 4 is 5.91 Å². The molecule has 5 rings (SSSR count). The van der Waals surface area contributed by atoms with Crippen LogP contribution in [0.4, 0.5) is 0 Å². The Morgan fingerprint density at radius 1 is 1.25 bits per heavy atom. The molecule has 9 heteroatoms. The van der Waals surface area contributed by atoms with Crippen molar-refractivity contribution in [2.75, 3.05) is 13.1 Å². The fourth-order valence-corrected chi connectivity index (χ4v) is 3.66. The molecule has 1 aliphatic carbocycles. The van der Waals surface area contributed by atoms with E-state index < -0.39 is 0 Å². The number of likely N-dealkylation sites (tertiary alicyclic amines) is 1. The fraction of sp³-hybridized carbons (Fsp3) is 0.474. The summed E-state index contributed by atoms with van der Waals surface area (Å²) in [6.45, 7) is 2.02. The van der Waals surface area contributed by atoms with E-state index in [9.17, 15) is 4.79 Å². The molecule has 2 fully saturated rings. The minimum absolute atomic E-state index is 0.0546. The van der Waals surface area contributed by atoms with Crippen molar-refractivity contribution < 1.29 is 9.32 Å². The minimum Gasteiger partial charge on any atom is -0.360 e. The van der Waals surface area contributed by atoms with Crippen LogP contribution in [0.2, 0.25) is 0 Å². The summed E-state index contributed by atoms with van der Waals surface area (Å²) in [4.78, 5) is 20.5. The normalized spacial score (nSPS) is 19.7. The molecule has 9 nitrogen and oxygen atoms in total. The molecular formula is C19H21N7O2. The topological polar surface area (TPSA) is 103 Å². The second kappa shape index (κ2) is 7.14. The number of hydrogen-bond acceptors (Lipinski definition) is 7. The van der Waals surface area contributed by atoms with Gasteiger partial charge in [0.25, 0.3) is 5.91 Å². The average molecular weight is 379 g/mol. The van der Waals surface area contributed by atoms with Gasteiger partial charge in [-0.2, -0.15) is 4.80 Å². The van der Waals surface area contributed by atoms with Gasteiger partial charge in [-0.15, -0.1) is 10.2 Å². The maximum Gasteiger partial charge on any atom is 0.276 e. The highest BCUT2D eigenvalue weighted by molar-refractivity contribution is 5.92. The van der Waals surface area contributed by atoms with Gasteiger partial charge in [-0.3, -0.25) is 9.78 Å². The number of piperidine rings is 1. The molecule has 0 radical (unpaired) electrons. The molecule has 28 heavy (non-hydrogen) atoms. The molecule has 4 heterocycles. The highest BCUT2D eigenvalue weighted by atomic mass is 16.5. The van der Waals surface area contributed by atoms with Crippen LogP contribution in [0.5, 0.6) is 0 Å². The Morgan fingerprint density at radius 2 is 2.18 bits per heavy atom. The summed E-state index contributed by atoms with van der Waals surface area (Å²) in [6.07, 6.45) is 5.93. The van der Waals surface area contributed by atoms with Crippen molar-refractivity contribution in [3.63, 3.8) is 0 Å². The third kappa shape index (κ3) is 3.51. The fourth-order valence-electron chi connectivity index (χ4n) is 3.66. The van der Waals surface area contributed by atoms with Crippen LogP contribution < -0.4 is 0 Å². The van der Waals surface area contributed by atoms with E-state index in [2.05, 4.69) is 25.6 Å². The second-order valence-corrected chi connectivity index (χ2v) is 7.53. The van der Waals surface area contributed by atoms with Gasteiger partial charge in [0.1, 0.15) is 11.5 Å². The van der Waals surface area contributed by atoms with Crippen LogP contribution in [0, 0.1) is 5.92 Å². The smallest absolute Gasteiger partial charge is 0.276 e. The van der Waals surface area contributed by atoms with Crippen molar-refractivity contribution in [1.82, 2.24) is 35.2 Å². The Morgan fingerprint density at radius 3 is 3.00 bits per heavy atom. The molecule has 0 bridgehead atoms. The highest BCUT2D eigenvalue weighted by Gasteiger charge is 2.31. The third-order valence-corrected chi connectivity index (χ3v) is 5.30. The molecule has 1 aliphatic heterocycles. The van der Waals surface area contributed by atoms with Crippen molar-refractivity contribution in [2.24, 2.45) is 5.92 Å². The summed E-state index contributed by atoms with van der Waals surface area (Å²) in [5, 5.41) is 16.7. The largest absolute Gasteiger partial charge is 0.360 e.